The van der Waals surface area contributed by atoms with Crippen molar-refractivity contribution in [3.8, 4) is 0 Å². The maximum Gasteiger partial charge on any atom is 0.302 e. The first kappa shape index (κ1) is 15.7. The Bertz CT molecular complexity index is 664. The Labute approximate surface area is 130 Å². The van der Waals surface area contributed by atoms with Crippen LogP contribution < -0.4 is 4.90 Å². The molecule has 0 aliphatic rings. The van der Waals surface area contributed by atoms with Gasteiger partial charge in [-0.05, 0) is 30.3 Å². The first-order valence-corrected chi connectivity index (χ1v) is 6.96. The summed E-state index contributed by atoms with van der Waals surface area (Å²) in [6.07, 6.45) is 0. The highest BCUT2D eigenvalue weighted by Crippen LogP contribution is 2.24. The summed E-state index contributed by atoms with van der Waals surface area (Å²) in [4.78, 5) is 12.9. The minimum Gasteiger partial charge on any atom is -0.461 e. The van der Waals surface area contributed by atoms with Gasteiger partial charge in [0.15, 0.2) is 0 Å². The maximum atomic E-state index is 10.9. The largest absolute Gasteiger partial charge is 0.461 e. The number of anilines is 1. The van der Waals surface area contributed by atoms with Crippen molar-refractivity contribution in [3.63, 3.8) is 0 Å². The highest BCUT2D eigenvalue weighted by molar-refractivity contribution is 5.66. The Morgan fingerprint density at radius 3 is 2.36 bits per heavy atom. The van der Waals surface area contributed by atoms with E-state index in [-0.39, 0.29) is 12.6 Å². The Kier molecular flexibility index (Phi) is 5.25. The van der Waals surface area contributed by atoms with Crippen LogP contribution in [0.1, 0.15) is 12.5 Å². The summed E-state index contributed by atoms with van der Waals surface area (Å²) in [5.41, 5.74) is 3.40. The molecule has 0 radical (unpaired) electrons. The average Bonchev–Trinajstić information content (AvgIpc) is 2.52. The first-order chi connectivity index (χ1) is 10.6. The minimum atomic E-state index is -0.314. The fourth-order valence-corrected chi connectivity index (χ4v) is 1.84. The van der Waals surface area contributed by atoms with Gasteiger partial charge in [0.05, 0.1) is 11.4 Å². The maximum absolute atomic E-state index is 10.9. The second kappa shape index (κ2) is 7.36. The molecule has 2 aromatic carbocycles. The summed E-state index contributed by atoms with van der Waals surface area (Å²) in [6.45, 7) is 1.58. The fraction of sp³-hybridized carbons (Fsp3) is 0.235. The highest BCUT2D eigenvalue weighted by Gasteiger charge is 2.03. The summed E-state index contributed by atoms with van der Waals surface area (Å²) < 4.78 is 5.02. The normalized spacial score (nSPS) is 10.7. The standard InChI is InChI=1S/C17H19N3O2/c1-13(21)22-12-14-6-4-5-7-17(14)19-18-15-8-10-16(11-9-15)20(2)3/h4-11H,12H2,1-3H3. The molecule has 0 aliphatic carbocycles. The molecule has 0 aromatic heterocycles. The fourth-order valence-electron chi connectivity index (χ4n) is 1.84. The van der Waals surface area contributed by atoms with E-state index in [9.17, 15) is 4.79 Å². The third-order valence-electron chi connectivity index (χ3n) is 3.06. The molecule has 2 aromatic rings. The van der Waals surface area contributed by atoms with Crippen LogP contribution in [-0.4, -0.2) is 20.1 Å². The molecule has 2 rings (SSSR count). The van der Waals surface area contributed by atoms with Gasteiger partial charge in [-0.2, -0.15) is 10.2 Å². The van der Waals surface area contributed by atoms with Crippen molar-refractivity contribution in [2.45, 2.75) is 13.5 Å². The first-order valence-electron chi connectivity index (χ1n) is 6.96. The van der Waals surface area contributed by atoms with Crippen molar-refractivity contribution in [3.05, 3.63) is 54.1 Å². The molecule has 0 amide bonds. The van der Waals surface area contributed by atoms with E-state index in [1.54, 1.807) is 0 Å². The van der Waals surface area contributed by atoms with Crippen LogP contribution in [0.4, 0.5) is 17.1 Å². The molecule has 114 valence electrons. The van der Waals surface area contributed by atoms with Gasteiger partial charge in [-0.1, -0.05) is 18.2 Å². The second-order valence-corrected chi connectivity index (χ2v) is 5.02. The summed E-state index contributed by atoms with van der Waals surface area (Å²) >= 11 is 0. The van der Waals surface area contributed by atoms with Crippen molar-refractivity contribution in [1.29, 1.82) is 0 Å². The van der Waals surface area contributed by atoms with E-state index in [4.69, 9.17) is 4.74 Å². The Balaban J connectivity index is 2.14. The number of carbonyl (C=O) groups is 1. The molecule has 0 fully saturated rings. The van der Waals surface area contributed by atoms with Crippen LogP contribution in [0.3, 0.4) is 0 Å². The van der Waals surface area contributed by atoms with Crippen LogP contribution >= 0.6 is 0 Å². The Morgan fingerprint density at radius 1 is 1.05 bits per heavy atom. The zero-order valence-electron chi connectivity index (χ0n) is 13.0. The lowest BCUT2D eigenvalue weighted by atomic mass is 10.2. The van der Waals surface area contributed by atoms with Crippen LogP contribution in [0.2, 0.25) is 0 Å². The van der Waals surface area contributed by atoms with E-state index in [1.165, 1.54) is 6.92 Å². The third kappa shape index (κ3) is 4.41. The summed E-state index contributed by atoms with van der Waals surface area (Å²) in [7, 11) is 3.98. The van der Waals surface area contributed by atoms with Crippen LogP contribution in [0, 0.1) is 0 Å². The molecular weight excluding hydrogens is 278 g/mol. The number of esters is 1. The van der Waals surface area contributed by atoms with Crippen molar-refractivity contribution >= 4 is 23.0 Å². The van der Waals surface area contributed by atoms with Crippen molar-refractivity contribution in [1.82, 2.24) is 0 Å². The van der Waals surface area contributed by atoms with E-state index in [0.717, 1.165) is 16.9 Å². The zero-order chi connectivity index (χ0) is 15.9. The predicted octanol–water partition coefficient (Wildman–Crippen LogP) is 4.23. The third-order valence-corrected chi connectivity index (χ3v) is 3.06. The number of rotatable bonds is 5. The quantitative estimate of drug-likeness (QED) is 0.613. The van der Waals surface area contributed by atoms with Gasteiger partial charge in [-0.25, -0.2) is 0 Å². The van der Waals surface area contributed by atoms with E-state index < -0.39 is 0 Å². The Morgan fingerprint density at radius 2 is 1.73 bits per heavy atom. The van der Waals surface area contributed by atoms with Crippen molar-refractivity contribution < 1.29 is 9.53 Å². The Hall–Kier alpha value is -2.69. The van der Waals surface area contributed by atoms with Crippen molar-refractivity contribution in [2.24, 2.45) is 10.2 Å². The van der Waals surface area contributed by atoms with Crippen molar-refractivity contribution in [2.75, 3.05) is 19.0 Å². The molecule has 0 saturated heterocycles. The molecule has 5 heteroatoms. The van der Waals surface area contributed by atoms with Gasteiger partial charge in [0, 0.05) is 32.3 Å². The summed E-state index contributed by atoms with van der Waals surface area (Å²) in [5, 5.41) is 8.48. The van der Waals surface area contributed by atoms with E-state index >= 15 is 0 Å². The van der Waals surface area contributed by atoms with Crippen LogP contribution in [0.5, 0.6) is 0 Å². The number of azo groups is 1. The number of nitrogens with zero attached hydrogens (tertiary/aromatic N) is 3. The molecule has 0 bridgehead atoms. The van der Waals surface area contributed by atoms with Gasteiger partial charge >= 0.3 is 5.97 Å². The van der Waals surface area contributed by atoms with E-state index in [1.807, 2.05) is 67.5 Å². The second-order valence-electron chi connectivity index (χ2n) is 5.02. The average molecular weight is 297 g/mol. The van der Waals surface area contributed by atoms with Gasteiger partial charge < -0.3 is 9.64 Å². The molecule has 0 heterocycles. The van der Waals surface area contributed by atoms with Gasteiger partial charge in [0.2, 0.25) is 0 Å². The molecular formula is C17H19N3O2. The summed E-state index contributed by atoms with van der Waals surface area (Å²) in [5.74, 6) is -0.314. The lowest BCUT2D eigenvalue weighted by Crippen LogP contribution is -2.07. The molecule has 0 saturated carbocycles. The van der Waals surface area contributed by atoms with Gasteiger partial charge in [0.1, 0.15) is 6.61 Å². The molecule has 0 N–H and O–H groups in total. The predicted molar refractivity (Wildman–Crippen MR) is 86.9 cm³/mol. The molecule has 0 spiro atoms. The van der Waals surface area contributed by atoms with Gasteiger partial charge in [-0.15, -0.1) is 0 Å². The lowest BCUT2D eigenvalue weighted by molar-refractivity contribution is -0.142. The minimum absolute atomic E-state index is 0.199. The van der Waals surface area contributed by atoms with Crippen LogP contribution in [0.25, 0.3) is 0 Å². The number of hydrogen-bond donors (Lipinski definition) is 0. The number of carbonyl (C=O) groups excluding carboxylic acids is 1. The van der Waals surface area contributed by atoms with E-state index in [2.05, 4.69) is 10.2 Å². The van der Waals surface area contributed by atoms with E-state index in [0.29, 0.717) is 5.69 Å². The lowest BCUT2D eigenvalue weighted by Gasteiger charge is -2.11. The highest BCUT2D eigenvalue weighted by atomic mass is 16.5. The number of benzene rings is 2. The summed E-state index contributed by atoms with van der Waals surface area (Å²) in [6, 6.07) is 15.3. The van der Waals surface area contributed by atoms with Gasteiger partial charge in [0.25, 0.3) is 0 Å². The monoisotopic (exact) mass is 297 g/mol. The molecule has 5 nitrogen and oxygen atoms in total. The molecule has 0 atom stereocenters. The molecule has 0 aliphatic heterocycles. The topological polar surface area (TPSA) is 54.3 Å². The van der Waals surface area contributed by atoms with Gasteiger partial charge in [-0.3, -0.25) is 4.79 Å². The smallest absolute Gasteiger partial charge is 0.302 e. The number of ether oxygens (including phenoxy) is 1. The number of hydrogen-bond acceptors (Lipinski definition) is 5. The molecule has 22 heavy (non-hydrogen) atoms. The van der Waals surface area contributed by atoms with Crippen LogP contribution in [-0.2, 0) is 16.1 Å². The van der Waals surface area contributed by atoms with Crippen LogP contribution in [0.15, 0.2) is 58.8 Å². The SMILES string of the molecule is CC(=O)OCc1ccccc1N=Nc1ccc(N(C)C)cc1. The zero-order valence-corrected chi connectivity index (χ0v) is 13.0. The molecule has 0 unspecified atom stereocenters.